The standard InChI is InChI=1S/C15H25N3/c1-4-14(16-3)15-9-8-13(11-17-15)18-10-6-5-7-12(18)2/h8-9,11-12,14,16H,4-7,10H2,1-3H3. The summed E-state index contributed by atoms with van der Waals surface area (Å²) in [6.45, 7) is 5.67. The summed E-state index contributed by atoms with van der Waals surface area (Å²) in [7, 11) is 2.00. The summed E-state index contributed by atoms with van der Waals surface area (Å²) in [6.07, 6.45) is 7.08. The average molecular weight is 247 g/mol. The molecule has 1 aliphatic rings. The van der Waals surface area contributed by atoms with E-state index in [-0.39, 0.29) is 0 Å². The Morgan fingerprint density at radius 3 is 2.83 bits per heavy atom. The van der Waals surface area contributed by atoms with Gasteiger partial charge in [0.05, 0.1) is 17.6 Å². The second kappa shape index (κ2) is 6.19. The van der Waals surface area contributed by atoms with E-state index in [9.17, 15) is 0 Å². The molecule has 2 atom stereocenters. The molecule has 100 valence electrons. The highest BCUT2D eigenvalue weighted by molar-refractivity contribution is 5.46. The first-order valence-electron chi connectivity index (χ1n) is 7.16. The molecule has 3 nitrogen and oxygen atoms in total. The summed E-state index contributed by atoms with van der Waals surface area (Å²) in [4.78, 5) is 7.11. The first-order chi connectivity index (χ1) is 8.76. The third-order valence-electron chi connectivity index (χ3n) is 4.02. The molecule has 2 heterocycles. The Labute approximate surface area is 111 Å². The van der Waals surface area contributed by atoms with Crippen molar-refractivity contribution in [3.05, 3.63) is 24.0 Å². The molecule has 1 saturated heterocycles. The maximum atomic E-state index is 4.63. The summed E-state index contributed by atoms with van der Waals surface area (Å²) in [6, 6.07) is 5.42. The summed E-state index contributed by atoms with van der Waals surface area (Å²) >= 11 is 0. The zero-order valence-electron chi connectivity index (χ0n) is 11.8. The van der Waals surface area contributed by atoms with Gasteiger partial charge in [-0.2, -0.15) is 0 Å². The van der Waals surface area contributed by atoms with Crippen LogP contribution in [0.4, 0.5) is 5.69 Å². The van der Waals surface area contributed by atoms with E-state index in [0.717, 1.165) is 12.1 Å². The van der Waals surface area contributed by atoms with Gasteiger partial charge in [-0.3, -0.25) is 4.98 Å². The van der Waals surface area contributed by atoms with Crippen LogP contribution >= 0.6 is 0 Å². The molecule has 1 aromatic heterocycles. The van der Waals surface area contributed by atoms with E-state index >= 15 is 0 Å². The molecule has 1 aromatic rings. The number of pyridine rings is 1. The number of hydrogen-bond donors (Lipinski definition) is 1. The minimum atomic E-state index is 0.373. The van der Waals surface area contributed by atoms with E-state index in [0.29, 0.717) is 12.1 Å². The van der Waals surface area contributed by atoms with Gasteiger partial charge in [0.1, 0.15) is 0 Å². The van der Waals surface area contributed by atoms with Gasteiger partial charge >= 0.3 is 0 Å². The Morgan fingerprint density at radius 1 is 1.44 bits per heavy atom. The van der Waals surface area contributed by atoms with Gasteiger partial charge in [-0.15, -0.1) is 0 Å². The maximum absolute atomic E-state index is 4.63. The minimum Gasteiger partial charge on any atom is -0.368 e. The first-order valence-corrected chi connectivity index (χ1v) is 7.16. The number of nitrogens with one attached hydrogen (secondary N) is 1. The zero-order chi connectivity index (χ0) is 13.0. The molecule has 0 radical (unpaired) electrons. The van der Waals surface area contributed by atoms with Crippen LogP contribution in [0.5, 0.6) is 0 Å². The number of aromatic nitrogens is 1. The van der Waals surface area contributed by atoms with E-state index < -0.39 is 0 Å². The van der Waals surface area contributed by atoms with Gasteiger partial charge in [0, 0.05) is 18.6 Å². The lowest BCUT2D eigenvalue weighted by atomic mass is 10.0. The summed E-state index contributed by atoms with van der Waals surface area (Å²) in [5.41, 5.74) is 2.42. The SMILES string of the molecule is CCC(NC)c1ccc(N2CCCCC2C)cn1. The molecular formula is C15H25N3. The van der Waals surface area contributed by atoms with E-state index in [1.807, 2.05) is 13.2 Å². The highest BCUT2D eigenvalue weighted by atomic mass is 15.2. The van der Waals surface area contributed by atoms with Crippen LogP contribution in [0.1, 0.15) is 51.3 Å². The van der Waals surface area contributed by atoms with E-state index in [2.05, 4.69) is 41.2 Å². The average Bonchev–Trinajstić information content (AvgIpc) is 2.42. The quantitative estimate of drug-likeness (QED) is 0.886. The van der Waals surface area contributed by atoms with Gasteiger partial charge in [0.25, 0.3) is 0 Å². The van der Waals surface area contributed by atoms with Gasteiger partial charge in [0.2, 0.25) is 0 Å². The molecular weight excluding hydrogens is 222 g/mol. The van der Waals surface area contributed by atoms with Crippen molar-refractivity contribution in [2.45, 2.75) is 51.6 Å². The summed E-state index contributed by atoms with van der Waals surface area (Å²) < 4.78 is 0. The highest BCUT2D eigenvalue weighted by Crippen LogP contribution is 2.25. The fourth-order valence-electron chi connectivity index (χ4n) is 2.82. The van der Waals surface area contributed by atoms with Crippen LogP contribution in [0.25, 0.3) is 0 Å². The van der Waals surface area contributed by atoms with E-state index in [4.69, 9.17) is 0 Å². The van der Waals surface area contributed by atoms with E-state index in [1.54, 1.807) is 0 Å². The smallest absolute Gasteiger partial charge is 0.0574 e. The van der Waals surface area contributed by atoms with Crippen LogP contribution in [0.2, 0.25) is 0 Å². The monoisotopic (exact) mass is 247 g/mol. The zero-order valence-corrected chi connectivity index (χ0v) is 11.8. The van der Waals surface area contributed by atoms with Crippen molar-refractivity contribution in [3.63, 3.8) is 0 Å². The molecule has 0 spiro atoms. The van der Waals surface area contributed by atoms with E-state index in [1.165, 1.54) is 31.5 Å². The van der Waals surface area contributed by atoms with Gasteiger partial charge in [0.15, 0.2) is 0 Å². The van der Waals surface area contributed by atoms with Gasteiger partial charge in [-0.05, 0) is 51.8 Å². The number of anilines is 1. The Morgan fingerprint density at radius 2 is 2.28 bits per heavy atom. The van der Waals surface area contributed by atoms with Crippen molar-refractivity contribution in [2.24, 2.45) is 0 Å². The second-order valence-electron chi connectivity index (χ2n) is 5.23. The Bertz CT molecular complexity index is 357. The van der Waals surface area contributed by atoms with Crippen molar-refractivity contribution in [1.29, 1.82) is 0 Å². The van der Waals surface area contributed by atoms with Crippen molar-refractivity contribution in [2.75, 3.05) is 18.5 Å². The molecule has 0 bridgehead atoms. The Kier molecular flexibility index (Phi) is 4.59. The van der Waals surface area contributed by atoms with Crippen LogP contribution in [0.3, 0.4) is 0 Å². The maximum Gasteiger partial charge on any atom is 0.0574 e. The number of rotatable bonds is 4. The molecule has 1 fully saturated rings. The molecule has 1 N–H and O–H groups in total. The number of piperidine rings is 1. The number of nitrogens with zero attached hydrogens (tertiary/aromatic N) is 2. The van der Waals surface area contributed by atoms with Crippen molar-refractivity contribution in [1.82, 2.24) is 10.3 Å². The Hall–Kier alpha value is -1.09. The molecule has 3 heteroatoms. The van der Waals surface area contributed by atoms with Crippen LogP contribution in [0, 0.1) is 0 Å². The van der Waals surface area contributed by atoms with Gasteiger partial charge < -0.3 is 10.2 Å². The van der Waals surface area contributed by atoms with Gasteiger partial charge in [-0.25, -0.2) is 0 Å². The molecule has 0 aromatic carbocycles. The second-order valence-corrected chi connectivity index (χ2v) is 5.23. The third-order valence-corrected chi connectivity index (χ3v) is 4.02. The van der Waals surface area contributed by atoms with Crippen molar-refractivity contribution in [3.8, 4) is 0 Å². The highest BCUT2D eigenvalue weighted by Gasteiger charge is 2.19. The van der Waals surface area contributed by atoms with Crippen LogP contribution in [-0.4, -0.2) is 24.6 Å². The lowest BCUT2D eigenvalue weighted by Gasteiger charge is -2.35. The fourth-order valence-corrected chi connectivity index (χ4v) is 2.82. The largest absolute Gasteiger partial charge is 0.368 e. The number of hydrogen-bond acceptors (Lipinski definition) is 3. The fraction of sp³-hybridized carbons (Fsp3) is 0.667. The lowest BCUT2D eigenvalue weighted by Crippen LogP contribution is -2.37. The summed E-state index contributed by atoms with van der Waals surface area (Å²) in [5, 5.41) is 3.30. The van der Waals surface area contributed by atoms with Crippen molar-refractivity contribution >= 4 is 5.69 Å². The predicted octanol–water partition coefficient (Wildman–Crippen LogP) is 3.13. The normalized spacial score (nSPS) is 21.9. The Balaban J connectivity index is 2.11. The molecule has 18 heavy (non-hydrogen) atoms. The molecule has 0 amide bonds. The first kappa shape index (κ1) is 13.3. The minimum absolute atomic E-state index is 0.373. The van der Waals surface area contributed by atoms with Crippen LogP contribution in [-0.2, 0) is 0 Å². The molecule has 1 aliphatic heterocycles. The molecule has 2 rings (SSSR count). The molecule has 0 saturated carbocycles. The third kappa shape index (κ3) is 2.83. The molecule has 2 unspecified atom stereocenters. The lowest BCUT2D eigenvalue weighted by molar-refractivity contribution is 0.484. The predicted molar refractivity (Wildman–Crippen MR) is 77.0 cm³/mol. The molecule has 0 aliphatic carbocycles. The van der Waals surface area contributed by atoms with Crippen molar-refractivity contribution < 1.29 is 0 Å². The topological polar surface area (TPSA) is 28.2 Å². The van der Waals surface area contributed by atoms with Crippen LogP contribution in [0.15, 0.2) is 18.3 Å². The van der Waals surface area contributed by atoms with Gasteiger partial charge in [-0.1, -0.05) is 6.92 Å². The summed E-state index contributed by atoms with van der Waals surface area (Å²) in [5.74, 6) is 0. The van der Waals surface area contributed by atoms with Crippen LogP contribution < -0.4 is 10.2 Å².